The maximum atomic E-state index is 14.0. The lowest BCUT2D eigenvalue weighted by molar-refractivity contribution is 0.513. The van der Waals surface area contributed by atoms with E-state index in [9.17, 15) is 4.39 Å². The van der Waals surface area contributed by atoms with E-state index in [1.807, 2.05) is 24.3 Å². The van der Waals surface area contributed by atoms with Crippen molar-refractivity contribution >= 4 is 31.9 Å². The van der Waals surface area contributed by atoms with Crippen LogP contribution in [-0.4, -0.2) is 6.54 Å². The summed E-state index contributed by atoms with van der Waals surface area (Å²) in [5.74, 6) is -0.162. The van der Waals surface area contributed by atoms with Crippen LogP contribution in [0.4, 0.5) is 4.39 Å². The molecule has 0 radical (unpaired) electrons. The highest BCUT2D eigenvalue weighted by molar-refractivity contribution is 9.10. The molecular weight excluding hydrogens is 397 g/mol. The van der Waals surface area contributed by atoms with Gasteiger partial charge in [0, 0.05) is 15.0 Å². The normalized spacial score (nSPS) is 12.4. The zero-order chi connectivity index (χ0) is 15.2. The summed E-state index contributed by atoms with van der Waals surface area (Å²) in [6.45, 7) is 3.05. The van der Waals surface area contributed by atoms with Crippen LogP contribution >= 0.6 is 31.9 Å². The predicted molar refractivity (Wildman–Crippen MR) is 93.0 cm³/mol. The summed E-state index contributed by atoms with van der Waals surface area (Å²) in [5.41, 5.74) is 1.91. The Labute approximate surface area is 142 Å². The van der Waals surface area contributed by atoms with E-state index in [-0.39, 0.29) is 11.9 Å². The Morgan fingerprint density at radius 1 is 1.05 bits per heavy atom. The Kier molecular flexibility index (Phi) is 6.40. The van der Waals surface area contributed by atoms with E-state index in [1.165, 1.54) is 11.6 Å². The topological polar surface area (TPSA) is 12.0 Å². The van der Waals surface area contributed by atoms with Gasteiger partial charge in [-0.15, -0.1) is 0 Å². The number of nitrogens with one attached hydrogen (secondary N) is 1. The molecule has 1 nitrogen and oxygen atoms in total. The van der Waals surface area contributed by atoms with Crippen LogP contribution in [0.15, 0.2) is 51.4 Å². The van der Waals surface area contributed by atoms with Crippen molar-refractivity contribution in [2.45, 2.75) is 25.8 Å². The van der Waals surface area contributed by atoms with E-state index in [1.54, 1.807) is 0 Å². The van der Waals surface area contributed by atoms with Gasteiger partial charge in [0.1, 0.15) is 5.82 Å². The zero-order valence-electron chi connectivity index (χ0n) is 11.9. The van der Waals surface area contributed by atoms with Crippen molar-refractivity contribution in [1.82, 2.24) is 5.32 Å². The van der Waals surface area contributed by atoms with Crippen LogP contribution in [0, 0.1) is 5.82 Å². The molecule has 0 saturated heterocycles. The lowest BCUT2D eigenvalue weighted by Gasteiger charge is -2.20. The molecule has 0 fully saturated rings. The molecule has 112 valence electrons. The monoisotopic (exact) mass is 413 g/mol. The van der Waals surface area contributed by atoms with Gasteiger partial charge in [-0.2, -0.15) is 0 Å². The number of halogens is 3. The Balaban J connectivity index is 2.21. The van der Waals surface area contributed by atoms with Crippen molar-refractivity contribution in [1.29, 1.82) is 0 Å². The third-order valence-corrected chi connectivity index (χ3v) is 4.37. The second-order valence-electron chi connectivity index (χ2n) is 5.00. The first kappa shape index (κ1) is 16.7. The summed E-state index contributed by atoms with van der Waals surface area (Å²) in [4.78, 5) is 0. The van der Waals surface area contributed by atoms with Crippen molar-refractivity contribution in [3.05, 3.63) is 68.4 Å². The minimum atomic E-state index is -0.162. The molecule has 0 amide bonds. The quantitative estimate of drug-likeness (QED) is 0.645. The molecule has 0 bridgehead atoms. The fourth-order valence-electron chi connectivity index (χ4n) is 2.23. The van der Waals surface area contributed by atoms with Crippen LogP contribution < -0.4 is 5.32 Å². The number of hydrogen-bond acceptors (Lipinski definition) is 1. The average Bonchev–Trinajstić information content (AvgIpc) is 2.46. The van der Waals surface area contributed by atoms with Crippen LogP contribution in [0.1, 0.15) is 30.5 Å². The average molecular weight is 415 g/mol. The minimum absolute atomic E-state index is 0.119. The largest absolute Gasteiger partial charge is 0.310 e. The molecule has 0 aliphatic heterocycles. The first-order valence-corrected chi connectivity index (χ1v) is 8.61. The van der Waals surface area contributed by atoms with E-state index in [0.29, 0.717) is 6.42 Å². The SMILES string of the molecule is CCCNC(Cc1ccc(Br)cc1F)c1ccc(Br)cc1. The van der Waals surface area contributed by atoms with Crippen LogP contribution in [-0.2, 0) is 6.42 Å². The van der Waals surface area contributed by atoms with Gasteiger partial charge in [-0.05, 0) is 54.8 Å². The Morgan fingerprint density at radius 3 is 2.33 bits per heavy atom. The molecule has 2 rings (SSSR count). The predicted octanol–water partition coefficient (Wildman–Crippen LogP) is 5.63. The highest BCUT2D eigenvalue weighted by Crippen LogP contribution is 2.24. The second kappa shape index (κ2) is 8.06. The molecule has 1 atom stereocenters. The molecule has 1 unspecified atom stereocenters. The van der Waals surface area contributed by atoms with Crippen LogP contribution in [0.5, 0.6) is 0 Å². The first-order valence-electron chi connectivity index (χ1n) is 7.03. The van der Waals surface area contributed by atoms with Crippen molar-refractivity contribution in [2.75, 3.05) is 6.54 Å². The van der Waals surface area contributed by atoms with Crippen LogP contribution in [0.25, 0.3) is 0 Å². The Bertz CT molecular complexity index is 584. The third kappa shape index (κ3) is 4.90. The highest BCUT2D eigenvalue weighted by atomic mass is 79.9. The number of benzene rings is 2. The molecule has 0 aromatic heterocycles. The van der Waals surface area contributed by atoms with Gasteiger partial charge >= 0.3 is 0 Å². The summed E-state index contributed by atoms with van der Waals surface area (Å²) in [6.07, 6.45) is 1.69. The molecule has 2 aromatic carbocycles. The maximum absolute atomic E-state index is 14.0. The van der Waals surface area contributed by atoms with Crippen molar-refractivity contribution in [2.24, 2.45) is 0 Å². The van der Waals surface area contributed by atoms with E-state index >= 15 is 0 Å². The van der Waals surface area contributed by atoms with Crippen LogP contribution in [0.3, 0.4) is 0 Å². The summed E-state index contributed by atoms with van der Waals surface area (Å²) in [6, 6.07) is 13.6. The van der Waals surface area contributed by atoms with Crippen LogP contribution in [0.2, 0.25) is 0 Å². The van der Waals surface area contributed by atoms with Gasteiger partial charge < -0.3 is 5.32 Å². The Hall–Kier alpha value is -0.710. The van der Waals surface area contributed by atoms with Gasteiger partial charge in [0.2, 0.25) is 0 Å². The van der Waals surface area contributed by atoms with Gasteiger partial charge in [-0.25, -0.2) is 4.39 Å². The number of hydrogen-bond donors (Lipinski definition) is 1. The minimum Gasteiger partial charge on any atom is -0.310 e. The summed E-state index contributed by atoms with van der Waals surface area (Å²) in [7, 11) is 0. The van der Waals surface area contributed by atoms with Gasteiger partial charge in [0.25, 0.3) is 0 Å². The molecule has 0 saturated carbocycles. The lowest BCUT2D eigenvalue weighted by atomic mass is 9.98. The van der Waals surface area contributed by atoms with Gasteiger partial charge in [0.15, 0.2) is 0 Å². The molecule has 4 heteroatoms. The van der Waals surface area contributed by atoms with Gasteiger partial charge in [-0.3, -0.25) is 0 Å². The molecular formula is C17H18Br2FN. The zero-order valence-corrected chi connectivity index (χ0v) is 15.0. The first-order chi connectivity index (χ1) is 10.1. The fraction of sp³-hybridized carbons (Fsp3) is 0.294. The highest BCUT2D eigenvalue weighted by Gasteiger charge is 2.14. The molecule has 1 N–H and O–H groups in total. The van der Waals surface area contributed by atoms with E-state index in [0.717, 1.165) is 27.5 Å². The lowest BCUT2D eigenvalue weighted by Crippen LogP contribution is -2.24. The smallest absolute Gasteiger partial charge is 0.127 e. The molecule has 21 heavy (non-hydrogen) atoms. The van der Waals surface area contributed by atoms with Crippen molar-refractivity contribution < 1.29 is 4.39 Å². The second-order valence-corrected chi connectivity index (χ2v) is 6.83. The third-order valence-electron chi connectivity index (χ3n) is 3.35. The van der Waals surface area contributed by atoms with E-state index in [2.05, 4.69) is 56.2 Å². The molecule has 0 spiro atoms. The summed E-state index contributed by atoms with van der Waals surface area (Å²) >= 11 is 6.74. The van der Waals surface area contributed by atoms with Gasteiger partial charge in [-0.1, -0.05) is 57.0 Å². The molecule has 0 aliphatic carbocycles. The molecule has 0 aliphatic rings. The van der Waals surface area contributed by atoms with E-state index in [4.69, 9.17) is 0 Å². The molecule has 0 heterocycles. The summed E-state index contributed by atoms with van der Waals surface area (Å²) in [5, 5.41) is 3.50. The van der Waals surface area contributed by atoms with Gasteiger partial charge in [0.05, 0.1) is 0 Å². The summed E-state index contributed by atoms with van der Waals surface area (Å²) < 4.78 is 15.9. The number of rotatable bonds is 6. The van der Waals surface area contributed by atoms with Crippen molar-refractivity contribution in [3.8, 4) is 0 Å². The Morgan fingerprint density at radius 2 is 1.71 bits per heavy atom. The fourth-order valence-corrected chi connectivity index (χ4v) is 2.83. The van der Waals surface area contributed by atoms with Crippen molar-refractivity contribution in [3.63, 3.8) is 0 Å². The standard InChI is InChI=1S/C17H18Br2FN/c1-2-9-21-17(12-3-6-14(18)7-4-12)10-13-5-8-15(19)11-16(13)20/h3-8,11,17,21H,2,9-10H2,1H3. The molecule has 2 aromatic rings. The van der Waals surface area contributed by atoms with E-state index < -0.39 is 0 Å². The maximum Gasteiger partial charge on any atom is 0.127 e.